The van der Waals surface area contributed by atoms with Crippen molar-refractivity contribution in [1.82, 2.24) is 14.8 Å². The lowest BCUT2D eigenvalue weighted by molar-refractivity contribution is -0.200. The molecule has 1 aromatic heterocycles. The number of rotatable bonds is 7. The monoisotopic (exact) mass is 569 g/mol. The second-order valence-corrected chi connectivity index (χ2v) is 11.5. The van der Waals surface area contributed by atoms with Crippen LogP contribution in [0.4, 0.5) is 13.2 Å². The lowest BCUT2D eigenvalue weighted by Crippen LogP contribution is -2.45. The van der Waals surface area contributed by atoms with Gasteiger partial charge in [0, 0.05) is 42.0 Å². The number of H-pyrrole nitrogens is 1. The van der Waals surface area contributed by atoms with E-state index in [1.54, 1.807) is 4.90 Å². The first-order chi connectivity index (χ1) is 19.6. The molecule has 0 spiro atoms. The highest BCUT2D eigenvalue weighted by Crippen LogP contribution is 2.34. The number of nitrogens with zero attached hydrogens (tertiary/aromatic N) is 2. The summed E-state index contributed by atoms with van der Waals surface area (Å²) in [5.74, 6) is -1.81. The van der Waals surface area contributed by atoms with Crippen molar-refractivity contribution in [3.8, 4) is 0 Å². The molecule has 0 bridgehead atoms. The van der Waals surface area contributed by atoms with E-state index in [-0.39, 0.29) is 25.0 Å². The van der Waals surface area contributed by atoms with Crippen LogP contribution in [0.25, 0.3) is 10.9 Å². The van der Waals surface area contributed by atoms with Crippen molar-refractivity contribution in [2.75, 3.05) is 26.2 Å². The molecule has 3 heterocycles. The molecule has 9 heteroatoms. The first kappa shape index (κ1) is 29.2. The molecular weight excluding hydrogens is 531 g/mol. The van der Waals surface area contributed by atoms with Gasteiger partial charge in [-0.15, -0.1) is 0 Å². The highest BCUT2D eigenvalue weighted by atomic mass is 19.4. The second-order valence-electron chi connectivity index (χ2n) is 11.5. The highest BCUT2D eigenvalue weighted by molar-refractivity contribution is 6.01. The summed E-state index contributed by atoms with van der Waals surface area (Å²) in [6, 6.07) is 14.1. The molecule has 2 aliphatic heterocycles. The standard InChI is InChI=1S/C32H38F3N3O3/c1-21-8-7-9-22(2)28(21)23-13-17-37(18-14-23)20-26-25-11-3-4-12-27(25)36-29(26)30(39)38-16-6-5-10-24(38)15-19-41-31(40)32(33,34)35/h3-4,7-9,11-12,23-24,36H,5-6,10,13-20H2,1-2H3. The van der Waals surface area contributed by atoms with Crippen molar-refractivity contribution in [3.63, 3.8) is 0 Å². The van der Waals surface area contributed by atoms with Crippen LogP contribution in [0.15, 0.2) is 42.5 Å². The molecule has 41 heavy (non-hydrogen) atoms. The van der Waals surface area contributed by atoms with Gasteiger partial charge in [-0.25, -0.2) is 4.79 Å². The number of fused-ring (bicyclic) bond motifs is 1. The van der Waals surface area contributed by atoms with Crippen LogP contribution in [0.1, 0.15) is 77.2 Å². The average Bonchev–Trinajstić information content (AvgIpc) is 3.31. The molecule has 2 aliphatic rings. The number of alkyl halides is 3. The Hall–Kier alpha value is -3.33. The summed E-state index contributed by atoms with van der Waals surface area (Å²) in [7, 11) is 0. The molecule has 1 amide bonds. The lowest BCUT2D eigenvalue weighted by atomic mass is 9.84. The number of halogens is 3. The van der Waals surface area contributed by atoms with Crippen molar-refractivity contribution < 1.29 is 27.5 Å². The summed E-state index contributed by atoms with van der Waals surface area (Å²) in [5.41, 5.74) is 6.55. The molecule has 1 atom stereocenters. The Morgan fingerprint density at radius 3 is 2.37 bits per heavy atom. The maximum Gasteiger partial charge on any atom is 0.490 e. The Bertz CT molecular complexity index is 1370. The number of nitrogens with one attached hydrogen (secondary N) is 1. The SMILES string of the molecule is Cc1cccc(C)c1C1CCN(Cc2c(C(=O)N3CCCCC3CCOC(=O)C(F)(F)F)[nH]c3ccccc23)CC1. The van der Waals surface area contributed by atoms with Gasteiger partial charge in [0.2, 0.25) is 0 Å². The van der Waals surface area contributed by atoms with Crippen LogP contribution < -0.4 is 0 Å². The van der Waals surface area contributed by atoms with Crippen LogP contribution in [-0.4, -0.2) is 65.1 Å². The molecule has 2 fully saturated rings. The van der Waals surface area contributed by atoms with E-state index >= 15 is 0 Å². The number of likely N-dealkylation sites (tertiary alicyclic amines) is 2. The van der Waals surface area contributed by atoms with E-state index in [9.17, 15) is 22.8 Å². The van der Waals surface area contributed by atoms with Gasteiger partial charge in [0.1, 0.15) is 5.69 Å². The van der Waals surface area contributed by atoms with Gasteiger partial charge < -0.3 is 14.6 Å². The number of aromatic amines is 1. The number of benzene rings is 2. The summed E-state index contributed by atoms with van der Waals surface area (Å²) in [6.45, 7) is 7.03. The second kappa shape index (κ2) is 12.3. The predicted molar refractivity (Wildman–Crippen MR) is 152 cm³/mol. The maximum atomic E-state index is 14.0. The first-order valence-electron chi connectivity index (χ1n) is 14.6. The van der Waals surface area contributed by atoms with Gasteiger partial charge in [0.15, 0.2) is 0 Å². The minimum atomic E-state index is -5.02. The van der Waals surface area contributed by atoms with Gasteiger partial charge in [-0.2, -0.15) is 13.2 Å². The fourth-order valence-electron chi connectivity index (χ4n) is 6.70. The smallest absolute Gasteiger partial charge is 0.459 e. The number of aromatic nitrogens is 1. The van der Waals surface area contributed by atoms with Gasteiger partial charge >= 0.3 is 12.1 Å². The van der Waals surface area contributed by atoms with Gasteiger partial charge in [-0.3, -0.25) is 9.69 Å². The van der Waals surface area contributed by atoms with Gasteiger partial charge in [0.05, 0.1) is 6.61 Å². The fourth-order valence-corrected chi connectivity index (χ4v) is 6.70. The zero-order chi connectivity index (χ0) is 29.1. The molecule has 1 unspecified atom stereocenters. The van der Waals surface area contributed by atoms with E-state index in [0.717, 1.165) is 55.2 Å². The number of esters is 1. The average molecular weight is 570 g/mol. The molecular formula is C32H38F3N3O3. The summed E-state index contributed by atoms with van der Waals surface area (Å²) >= 11 is 0. The van der Waals surface area contributed by atoms with Crippen molar-refractivity contribution >= 4 is 22.8 Å². The third-order valence-electron chi connectivity index (χ3n) is 8.75. The molecule has 5 rings (SSSR count). The van der Waals surface area contributed by atoms with Crippen molar-refractivity contribution in [2.45, 2.75) is 77.1 Å². The quantitative estimate of drug-likeness (QED) is 0.324. The number of para-hydroxylation sites is 1. The topological polar surface area (TPSA) is 65.6 Å². The predicted octanol–water partition coefficient (Wildman–Crippen LogP) is 6.65. The fraction of sp³-hybridized carbons (Fsp3) is 0.500. The van der Waals surface area contributed by atoms with Crippen LogP contribution >= 0.6 is 0 Å². The van der Waals surface area contributed by atoms with Gasteiger partial charge in [-0.05, 0) is 87.7 Å². The molecule has 2 saturated heterocycles. The van der Waals surface area contributed by atoms with E-state index < -0.39 is 12.1 Å². The minimum absolute atomic E-state index is 0.145. The van der Waals surface area contributed by atoms with Crippen LogP contribution in [0.2, 0.25) is 0 Å². The summed E-state index contributed by atoms with van der Waals surface area (Å²) in [5, 5.41) is 1.01. The number of hydrogen-bond donors (Lipinski definition) is 1. The largest absolute Gasteiger partial charge is 0.490 e. The number of carbonyl (C=O) groups is 2. The Labute approximate surface area is 238 Å². The summed E-state index contributed by atoms with van der Waals surface area (Å²) < 4.78 is 42.2. The van der Waals surface area contributed by atoms with Gasteiger partial charge in [0.25, 0.3) is 5.91 Å². The normalized spacial score (nSPS) is 19.0. The van der Waals surface area contributed by atoms with E-state index in [2.05, 4.69) is 46.7 Å². The molecule has 6 nitrogen and oxygen atoms in total. The number of amides is 1. The number of aryl methyl sites for hydroxylation is 2. The molecule has 2 aromatic carbocycles. The number of hydrogen-bond acceptors (Lipinski definition) is 4. The zero-order valence-electron chi connectivity index (χ0n) is 23.7. The third-order valence-corrected chi connectivity index (χ3v) is 8.75. The Balaban J connectivity index is 1.31. The number of carbonyl (C=O) groups excluding carboxylic acids is 2. The van der Waals surface area contributed by atoms with E-state index in [1.165, 1.54) is 16.7 Å². The molecule has 0 saturated carbocycles. The van der Waals surface area contributed by atoms with Crippen molar-refractivity contribution in [2.24, 2.45) is 0 Å². The first-order valence-corrected chi connectivity index (χ1v) is 14.6. The Kier molecular flexibility index (Phi) is 8.73. The lowest BCUT2D eigenvalue weighted by Gasteiger charge is -2.36. The van der Waals surface area contributed by atoms with Crippen LogP contribution in [-0.2, 0) is 16.1 Å². The van der Waals surface area contributed by atoms with Crippen LogP contribution in [0.5, 0.6) is 0 Å². The third kappa shape index (κ3) is 6.45. The van der Waals surface area contributed by atoms with E-state index in [4.69, 9.17) is 0 Å². The summed E-state index contributed by atoms with van der Waals surface area (Å²) in [4.78, 5) is 32.7. The highest BCUT2D eigenvalue weighted by Gasteiger charge is 2.41. The van der Waals surface area contributed by atoms with Crippen LogP contribution in [0, 0.1) is 13.8 Å². The van der Waals surface area contributed by atoms with E-state index in [1.807, 2.05) is 24.3 Å². The maximum absolute atomic E-state index is 14.0. The molecule has 1 N–H and O–H groups in total. The Morgan fingerprint density at radius 1 is 0.951 bits per heavy atom. The Morgan fingerprint density at radius 2 is 1.66 bits per heavy atom. The summed E-state index contributed by atoms with van der Waals surface area (Å²) in [6.07, 6.45) is -0.368. The minimum Gasteiger partial charge on any atom is -0.459 e. The van der Waals surface area contributed by atoms with Crippen LogP contribution in [0.3, 0.4) is 0 Å². The number of piperidine rings is 2. The van der Waals surface area contributed by atoms with E-state index in [0.29, 0.717) is 31.1 Å². The molecule has 220 valence electrons. The van der Waals surface area contributed by atoms with Gasteiger partial charge in [-0.1, -0.05) is 36.4 Å². The zero-order valence-corrected chi connectivity index (χ0v) is 23.7. The molecule has 0 radical (unpaired) electrons. The number of ether oxygens (including phenoxy) is 1. The van der Waals surface area contributed by atoms with Crippen molar-refractivity contribution in [1.29, 1.82) is 0 Å². The molecule has 3 aromatic rings. The van der Waals surface area contributed by atoms with Crippen molar-refractivity contribution in [3.05, 3.63) is 70.4 Å². The molecule has 0 aliphatic carbocycles.